The summed E-state index contributed by atoms with van der Waals surface area (Å²) in [7, 11) is -7.73. The van der Waals surface area contributed by atoms with Gasteiger partial charge in [-0.1, -0.05) is 90.4 Å². The highest BCUT2D eigenvalue weighted by Crippen LogP contribution is 2.48. The maximum Gasteiger partial charge on any atom is 0.474 e. The molecule has 0 rings (SSSR count). The maximum atomic E-state index is 12.5. The lowest BCUT2D eigenvalue weighted by atomic mass is 10.0. The summed E-state index contributed by atoms with van der Waals surface area (Å²) in [5.41, 5.74) is 0. The number of rotatable bonds is 30. The van der Waals surface area contributed by atoms with Gasteiger partial charge in [0.15, 0.2) is 18.0 Å². The molecule has 0 aromatic rings. The quantitative estimate of drug-likeness (QED) is 0.0464. The van der Waals surface area contributed by atoms with Crippen molar-refractivity contribution in [2.45, 2.75) is 130 Å². The fraction of sp³-hybridized carbons (Fsp3) is 0.929. The third kappa shape index (κ3) is 23.7. The number of ether oxygens (including phenoxy) is 2. The normalized spacial score (nSPS) is 16.0. The molecule has 0 aliphatic heterocycles. The minimum Gasteiger partial charge on any atom is -0.756 e. The van der Waals surface area contributed by atoms with Crippen LogP contribution in [0.1, 0.15) is 118 Å². The first-order valence-corrected chi connectivity index (χ1v) is 18.3. The van der Waals surface area contributed by atoms with E-state index in [-0.39, 0.29) is 13.2 Å². The number of ketones is 1. The Morgan fingerprint density at radius 3 is 1.60 bits per heavy atom. The number of phosphoric acid groups is 2. The number of unbranched alkanes of at least 4 members (excludes halogenated alkanes) is 13. The van der Waals surface area contributed by atoms with E-state index in [0.717, 1.165) is 26.9 Å². The van der Waals surface area contributed by atoms with E-state index in [2.05, 4.69) is 16.0 Å². The van der Waals surface area contributed by atoms with Gasteiger partial charge in [-0.3, -0.25) is 22.9 Å². The van der Waals surface area contributed by atoms with Gasteiger partial charge in [-0.25, -0.2) is 9.36 Å². The molecule has 0 bridgehead atoms. The number of hydrogen-bond donors (Lipinski definition) is 0. The van der Waals surface area contributed by atoms with E-state index in [1.165, 1.54) is 90.9 Å². The van der Waals surface area contributed by atoms with Crippen LogP contribution in [0.15, 0.2) is 0 Å². The molecule has 0 spiro atoms. The van der Waals surface area contributed by atoms with Gasteiger partial charge >= 0.3 is 13.8 Å². The van der Waals surface area contributed by atoms with E-state index in [1.54, 1.807) is 0 Å². The lowest BCUT2D eigenvalue weighted by molar-refractivity contribution is -0.231. The van der Waals surface area contributed by atoms with Crippen molar-refractivity contribution >= 4 is 27.4 Å². The van der Waals surface area contributed by atoms with E-state index in [1.807, 2.05) is 0 Å². The van der Waals surface area contributed by atoms with Crippen molar-refractivity contribution in [3.8, 4) is 0 Å². The molecule has 0 heterocycles. The molecule has 0 amide bonds. The average Bonchev–Trinajstić information content (AvgIpc) is 2.94. The maximum absolute atomic E-state index is 12.5. The van der Waals surface area contributed by atoms with Gasteiger partial charge < -0.3 is 23.4 Å². The van der Waals surface area contributed by atoms with Crippen LogP contribution in [0.4, 0.5) is 0 Å². The molecule has 0 saturated heterocycles. The second-order valence-corrected chi connectivity index (χ2v) is 13.4. The molecule has 0 aliphatic rings. The second kappa shape index (κ2) is 25.6. The van der Waals surface area contributed by atoms with Gasteiger partial charge in [-0.2, -0.15) is 0 Å². The number of phosphoric ester groups is 2. The number of esters is 1. The molecule has 0 saturated carbocycles. The Bertz CT molecular complexity index is 795. The molecule has 0 fully saturated rings. The van der Waals surface area contributed by atoms with Gasteiger partial charge in [0.25, 0.3) is 7.82 Å². The Labute approximate surface area is 253 Å². The van der Waals surface area contributed by atoms with Crippen molar-refractivity contribution in [3.63, 3.8) is 0 Å². The first kappa shape index (κ1) is 41.3. The van der Waals surface area contributed by atoms with Crippen LogP contribution in [0.25, 0.3) is 0 Å². The van der Waals surface area contributed by atoms with Crippen LogP contribution in [0.5, 0.6) is 0 Å². The standard InChI is InChI=1S/C28H56O12P2/c1-6-7-8-9-10-11-12-13-14-15-16-17-18-19-20-35-21-22-37-42(33,34-5)38-24-23-36-41(31,32)40-27(4)28(30)39-26(3)25(2)29/h26-27H,6-24H2,1-5H3,(H,31,32)/p-1. The first-order chi connectivity index (χ1) is 20.0. The van der Waals surface area contributed by atoms with Gasteiger partial charge in [0.2, 0.25) is 0 Å². The monoisotopic (exact) mass is 645 g/mol. The highest BCUT2D eigenvalue weighted by atomic mass is 31.2. The Hall–Kier alpha value is -0.680. The summed E-state index contributed by atoms with van der Waals surface area (Å²) in [6.45, 7) is 5.66. The van der Waals surface area contributed by atoms with Crippen LogP contribution >= 0.6 is 15.6 Å². The van der Waals surface area contributed by atoms with Crippen molar-refractivity contribution in [2.75, 3.05) is 40.1 Å². The van der Waals surface area contributed by atoms with Gasteiger partial charge in [0.05, 0.1) is 26.4 Å². The van der Waals surface area contributed by atoms with Crippen molar-refractivity contribution in [1.82, 2.24) is 0 Å². The van der Waals surface area contributed by atoms with Crippen molar-refractivity contribution < 1.29 is 55.7 Å². The number of hydrogen-bond acceptors (Lipinski definition) is 12. The zero-order valence-electron chi connectivity index (χ0n) is 26.4. The Kier molecular flexibility index (Phi) is 25.2. The molecule has 0 aliphatic carbocycles. The molecule has 250 valence electrons. The van der Waals surface area contributed by atoms with Gasteiger partial charge in [0, 0.05) is 13.7 Å². The molecular weight excluding hydrogens is 590 g/mol. The van der Waals surface area contributed by atoms with Crippen LogP contribution in [-0.4, -0.2) is 64.1 Å². The summed E-state index contributed by atoms with van der Waals surface area (Å²) in [5, 5.41) is 0. The molecule has 4 atom stereocenters. The van der Waals surface area contributed by atoms with Crippen LogP contribution < -0.4 is 4.89 Å². The highest BCUT2D eigenvalue weighted by molar-refractivity contribution is 7.48. The molecule has 0 aromatic carbocycles. The first-order valence-electron chi connectivity index (χ1n) is 15.3. The van der Waals surface area contributed by atoms with E-state index in [4.69, 9.17) is 23.0 Å². The smallest absolute Gasteiger partial charge is 0.474 e. The minimum atomic E-state index is -4.92. The molecule has 4 unspecified atom stereocenters. The van der Waals surface area contributed by atoms with E-state index in [9.17, 15) is 23.6 Å². The Morgan fingerprint density at radius 1 is 0.667 bits per heavy atom. The Balaban J connectivity index is 3.83. The van der Waals surface area contributed by atoms with Gasteiger partial charge in [0.1, 0.15) is 0 Å². The highest BCUT2D eigenvalue weighted by Gasteiger charge is 2.27. The summed E-state index contributed by atoms with van der Waals surface area (Å²) >= 11 is 0. The summed E-state index contributed by atoms with van der Waals surface area (Å²) in [6, 6.07) is 0. The van der Waals surface area contributed by atoms with E-state index in [0.29, 0.717) is 6.61 Å². The zero-order chi connectivity index (χ0) is 31.7. The van der Waals surface area contributed by atoms with Crippen LogP contribution in [-0.2, 0) is 50.8 Å². The largest absolute Gasteiger partial charge is 0.756 e. The van der Waals surface area contributed by atoms with Crippen molar-refractivity contribution in [1.29, 1.82) is 0 Å². The van der Waals surface area contributed by atoms with Gasteiger partial charge in [-0.15, -0.1) is 0 Å². The molecule has 0 N–H and O–H groups in total. The Morgan fingerprint density at radius 2 is 1.12 bits per heavy atom. The number of carbonyl (C=O) groups is 2. The number of carbonyl (C=O) groups excluding carboxylic acids is 2. The topological polar surface area (TPSA) is 156 Å². The second-order valence-electron chi connectivity index (χ2n) is 10.2. The summed E-state index contributed by atoms with van der Waals surface area (Å²) < 4.78 is 58.8. The van der Waals surface area contributed by atoms with Gasteiger partial charge in [-0.05, 0) is 27.2 Å². The fourth-order valence-electron chi connectivity index (χ4n) is 3.77. The predicted octanol–water partition coefficient (Wildman–Crippen LogP) is 6.68. The summed E-state index contributed by atoms with van der Waals surface area (Å²) in [4.78, 5) is 34.9. The van der Waals surface area contributed by atoms with Crippen molar-refractivity contribution in [2.24, 2.45) is 0 Å². The molecular formula is C28H55O12P2-. The summed E-state index contributed by atoms with van der Waals surface area (Å²) in [6.07, 6.45) is 15.4. The SMILES string of the molecule is CCCCCCCCCCCCCCCCOCCOP(=O)(OC)OCCOP(=O)([O-])OC(C)C(=O)OC(C)C(C)=O. The van der Waals surface area contributed by atoms with E-state index < -0.39 is 52.8 Å². The molecule has 42 heavy (non-hydrogen) atoms. The van der Waals surface area contributed by atoms with Crippen LogP contribution in [0.3, 0.4) is 0 Å². The molecule has 14 heteroatoms. The molecule has 12 nitrogen and oxygen atoms in total. The zero-order valence-corrected chi connectivity index (χ0v) is 28.2. The third-order valence-electron chi connectivity index (χ3n) is 6.41. The van der Waals surface area contributed by atoms with Crippen LogP contribution in [0.2, 0.25) is 0 Å². The van der Waals surface area contributed by atoms with E-state index >= 15 is 0 Å². The number of Topliss-reactive ketones (excluding diaryl/α,β-unsaturated/α-hetero) is 1. The lowest BCUT2D eigenvalue weighted by Crippen LogP contribution is -2.30. The third-order valence-corrected chi connectivity index (χ3v) is 8.93. The van der Waals surface area contributed by atoms with Crippen LogP contribution in [0, 0.1) is 0 Å². The minimum absolute atomic E-state index is 0.0357. The molecule has 0 aromatic heterocycles. The fourth-order valence-corrected chi connectivity index (χ4v) is 5.48. The lowest BCUT2D eigenvalue weighted by Gasteiger charge is -2.26. The average molecular weight is 646 g/mol. The van der Waals surface area contributed by atoms with Crippen molar-refractivity contribution in [3.05, 3.63) is 0 Å². The molecule has 0 radical (unpaired) electrons. The summed E-state index contributed by atoms with van der Waals surface area (Å²) in [5.74, 6) is -1.45. The predicted molar refractivity (Wildman–Crippen MR) is 158 cm³/mol.